The van der Waals surface area contributed by atoms with Gasteiger partial charge in [-0.15, -0.1) is 0 Å². The molecule has 1 rings (SSSR count). The van der Waals surface area contributed by atoms with E-state index in [-0.39, 0.29) is 12.6 Å². The van der Waals surface area contributed by atoms with E-state index in [1.807, 2.05) is 32.0 Å². The number of aliphatic hydroxyl groups excluding tert-OH is 1. The van der Waals surface area contributed by atoms with Gasteiger partial charge in [0.15, 0.2) is 0 Å². The zero-order valence-corrected chi connectivity index (χ0v) is 13.4. The third kappa shape index (κ3) is 7.28. The van der Waals surface area contributed by atoms with E-state index in [2.05, 4.69) is 10.6 Å². The van der Waals surface area contributed by atoms with Crippen molar-refractivity contribution >= 4 is 6.03 Å². The van der Waals surface area contributed by atoms with Crippen molar-refractivity contribution in [2.75, 3.05) is 39.5 Å². The van der Waals surface area contributed by atoms with Gasteiger partial charge in [0, 0.05) is 13.1 Å². The lowest BCUT2D eigenvalue weighted by Gasteiger charge is -2.12. The van der Waals surface area contributed by atoms with Crippen LogP contribution in [0.15, 0.2) is 18.2 Å². The third-order valence-corrected chi connectivity index (χ3v) is 3.03. The van der Waals surface area contributed by atoms with E-state index >= 15 is 0 Å². The van der Waals surface area contributed by atoms with Gasteiger partial charge in [0.2, 0.25) is 0 Å². The Kier molecular flexibility index (Phi) is 9.02. The molecule has 0 aromatic heterocycles. The molecule has 2 amide bonds. The second kappa shape index (κ2) is 10.9. The second-order valence-corrected chi connectivity index (χ2v) is 4.94. The van der Waals surface area contributed by atoms with Gasteiger partial charge in [0.05, 0.1) is 26.4 Å². The van der Waals surface area contributed by atoms with Crippen molar-refractivity contribution in [3.63, 3.8) is 0 Å². The Morgan fingerprint density at radius 2 is 1.77 bits per heavy atom. The van der Waals surface area contributed by atoms with Crippen LogP contribution in [0.5, 0.6) is 5.75 Å². The number of ether oxygens (including phenoxy) is 2. The molecule has 0 radical (unpaired) electrons. The predicted molar refractivity (Wildman–Crippen MR) is 85.3 cm³/mol. The lowest BCUT2D eigenvalue weighted by Crippen LogP contribution is -2.38. The molecule has 1 aromatic rings. The minimum Gasteiger partial charge on any atom is -0.493 e. The Balaban J connectivity index is 2.06. The molecule has 1 aromatic carbocycles. The maximum atomic E-state index is 11.4. The summed E-state index contributed by atoms with van der Waals surface area (Å²) in [5, 5.41) is 13.9. The Morgan fingerprint density at radius 3 is 2.45 bits per heavy atom. The SMILES string of the molecule is Cc1cccc(C)c1OCCCNC(=O)NCCOCCO. The van der Waals surface area contributed by atoms with E-state index in [0.29, 0.717) is 32.9 Å². The lowest BCUT2D eigenvalue weighted by atomic mass is 10.1. The maximum Gasteiger partial charge on any atom is 0.314 e. The molecule has 0 unspecified atom stereocenters. The van der Waals surface area contributed by atoms with Gasteiger partial charge in [-0.25, -0.2) is 4.79 Å². The number of hydrogen-bond donors (Lipinski definition) is 3. The summed E-state index contributed by atoms with van der Waals surface area (Å²) in [4.78, 5) is 11.4. The molecular formula is C16H26N2O4. The Labute approximate surface area is 131 Å². The largest absolute Gasteiger partial charge is 0.493 e. The van der Waals surface area contributed by atoms with Gasteiger partial charge in [-0.3, -0.25) is 0 Å². The van der Waals surface area contributed by atoms with Gasteiger partial charge < -0.3 is 25.2 Å². The summed E-state index contributed by atoms with van der Waals surface area (Å²) in [6.45, 7) is 6.25. The average molecular weight is 310 g/mol. The van der Waals surface area contributed by atoms with Gasteiger partial charge in [-0.2, -0.15) is 0 Å². The highest BCUT2D eigenvalue weighted by Gasteiger charge is 2.03. The molecule has 0 aliphatic rings. The van der Waals surface area contributed by atoms with Crippen LogP contribution in [0.4, 0.5) is 4.79 Å². The molecule has 22 heavy (non-hydrogen) atoms. The monoisotopic (exact) mass is 310 g/mol. The van der Waals surface area contributed by atoms with Crippen LogP contribution in [0.25, 0.3) is 0 Å². The first-order valence-electron chi connectivity index (χ1n) is 7.54. The topological polar surface area (TPSA) is 79.8 Å². The first kappa shape index (κ1) is 18.3. The van der Waals surface area contributed by atoms with Gasteiger partial charge >= 0.3 is 6.03 Å². The van der Waals surface area contributed by atoms with Gasteiger partial charge in [0.1, 0.15) is 5.75 Å². The van der Waals surface area contributed by atoms with Crippen LogP contribution in [0, 0.1) is 13.8 Å². The molecule has 124 valence electrons. The number of urea groups is 1. The molecule has 6 nitrogen and oxygen atoms in total. The van der Waals surface area contributed by atoms with Gasteiger partial charge in [-0.1, -0.05) is 18.2 Å². The zero-order valence-electron chi connectivity index (χ0n) is 13.4. The number of aryl methyl sites for hydroxylation is 2. The number of aliphatic hydroxyl groups is 1. The summed E-state index contributed by atoms with van der Waals surface area (Å²) < 4.78 is 10.8. The van der Waals surface area contributed by atoms with Crippen LogP contribution in [0.3, 0.4) is 0 Å². The molecule has 6 heteroatoms. The van der Waals surface area contributed by atoms with Crippen molar-refractivity contribution in [3.05, 3.63) is 29.3 Å². The van der Waals surface area contributed by atoms with Crippen LogP contribution < -0.4 is 15.4 Å². The smallest absolute Gasteiger partial charge is 0.314 e. The average Bonchev–Trinajstić information content (AvgIpc) is 2.49. The van der Waals surface area contributed by atoms with E-state index in [0.717, 1.165) is 23.3 Å². The third-order valence-electron chi connectivity index (χ3n) is 3.03. The Hall–Kier alpha value is -1.79. The fraction of sp³-hybridized carbons (Fsp3) is 0.562. The van der Waals surface area contributed by atoms with Crippen molar-refractivity contribution in [3.8, 4) is 5.75 Å². The van der Waals surface area contributed by atoms with Crippen molar-refractivity contribution in [2.45, 2.75) is 20.3 Å². The highest BCUT2D eigenvalue weighted by atomic mass is 16.5. The second-order valence-electron chi connectivity index (χ2n) is 4.94. The number of rotatable bonds is 10. The highest BCUT2D eigenvalue weighted by molar-refractivity contribution is 5.73. The van der Waals surface area contributed by atoms with Crippen LogP contribution in [-0.2, 0) is 4.74 Å². The van der Waals surface area contributed by atoms with Crippen molar-refractivity contribution in [2.24, 2.45) is 0 Å². The summed E-state index contributed by atoms with van der Waals surface area (Å²) >= 11 is 0. The first-order chi connectivity index (χ1) is 10.6. The van der Waals surface area contributed by atoms with Crippen LogP contribution in [0.1, 0.15) is 17.5 Å². The molecule has 0 heterocycles. The van der Waals surface area contributed by atoms with E-state index < -0.39 is 0 Å². The van der Waals surface area contributed by atoms with E-state index in [9.17, 15) is 4.79 Å². The number of benzene rings is 1. The number of carbonyl (C=O) groups is 1. The summed E-state index contributed by atoms with van der Waals surface area (Å²) in [7, 11) is 0. The van der Waals surface area contributed by atoms with Crippen LogP contribution in [0.2, 0.25) is 0 Å². The van der Waals surface area contributed by atoms with E-state index in [4.69, 9.17) is 14.6 Å². The fourth-order valence-electron chi connectivity index (χ4n) is 1.94. The standard InChI is InChI=1S/C16H26N2O4/c1-13-5-3-6-14(2)15(13)22-10-4-7-17-16(20)18-8-11-21-12-9-19/h3,5-6,19H,4,7-12H2,1-2H3,(H2,17,18,20). The minimum atomic E-state index is -0.223. The number of nitrogens with one attached hydrogen (secondary N) is 2. The zero-order chi connectivity index (χ0) is 16.2. The van der Waals surface area contributed by atoms with E-state index in [1.54, 1.807) is 0 Å². The van der Waals surface area contributed by atoms with Crippen LogP contribution >= 0.6 is 0 Å². The molecule has 0 saturated carbocycles. The molecule has 0 saturated heterocycles. The summed E-state index contributed by atoms with van der Waals surface area (Å²) in [6.07, 6.45) is 0.738. The molecule has 3 N–H and O–H groups in total. The summed E-state index contributed by atoms with van der Waals surface area (Å²) in [5.74, 6) is 0.924. The van der Waals surface area contributed by atoms with Crippen molar-refractivity contribution in [1.29, 1.82) is 0 Å². The summed E-state index contributed by atoms with van der Waals surface area (Å²) in [5.41, 5.74) is 2.24. The molecule has 0 bridgehead atoms. The molecular weight excluding hydrogens is 284 g/mol. The predicted octanol–water partition coefficient (Wildman–Crippen LogP) is 1.38. The number of amides is 2. The van der Waals surface area contributed by atoms with Crippen LogP contribution in [-0.4, -0.2) is 50.7 Å². The Morgan fingerprint density at radius 1 is 1.09 bits per heavy atom. The first-order valence-corrected chi connectivity index (χ1v) is 7.54. The van der Waals surface area contributed by atoms with Gasteiger partial charge in [0.25, 0.3) is 0 Å². The lowest BCUT2D eigenvalue weighted by molar-refractivity contribution is 0.0947. The molecule has 0 spiro atoms. The fourth-order valence-corrected chi connectivity index (χ4v) is 1.94. The normalized spacial score (nSPS) is 10.3. The van der Waals surface area contributed by atoms with Crippen molar-refractivity contribution < 1.29 is 19.4 Å². The molecule has 0 fully saturated rings. The quantitative estimate of drug-likeness (QED) is 0.570. The van der Waals surface area contributed by atoms with Gasteiger partial charge in [-0.05, 0) is 31.4 Å². The minimum absolute atomic E-state index is 0.00738. The molecule has 0 aliphatic carbocycles. The highest BCUT2D eigenvalue weighted by Crippen LogP contribution is 2.22. The number of para-hydroxylation sites is 1. The maximum absolute atomic E-state index is 11.4. The molecule has 0 aliphatic heterocycles. The number of carbonyl (C=O) groups excluding carboxylic acids is 1. The van der Waals surface area contributed by atoms with Crippen molar-refractivity contribution in [1.82, 2.24) is 10.6 Å². The van der Waals surface area contributed by atoms with E-state index in [1.165, 1.54) is 0 Å². The number of hydrogen-bond acceptors (Lipinski definition) is 4. The Bertz CT molecular complexity index is 432. The molecule has 0 atom stereocenters. The summed E-state index contributed by atoms with van der Waals surface area (Å²) in [6, 6.07) is 5.83.